The van der Waals surface area contributed by atoms with Gasteiger partial charge in [-0.3, -0.25) is 9.59 Å². The fraction of sp³-hybridized carbons (Fsp3) is 0.286. The first kappa shape index (κ1) is 38.8. The van der Waals surface area contributed by atoms with Gasteiger partial charge in [0.25, 0.3) is 11.8 Å². The summed E-state index contributed by atoms with van der Waals surface area (Å²) in [6, 6.07) is 19.9. The highest BCUT2D eigenvalue weighted by atomic mass is 32.1. The number of nitrogens with zero attached hydrogens (tertiary/aromatic N) is 6. The number of hydrogen-bond donors (Lipinski definition) is 4. The highest BCUT2D eigenvalue weighted by Crippen LogP contribution is 2.39. The minimum atomic E-state index is -0.902. The van der Waals surface area contributed by atoms with Crippen molar-refractivity contribution < 1.29 is 28.7 Å². The van der Waals surface area contributed by atoms with Crippen molar-refractivity contribution >= 4 is 67.1 Å². The average Bonchev–Trinajstić information content (AvgIpc) is 4.14. The van der Waals surface area contributed by atoms with Crippen LogP contribution in [0.2, 0.25) is 0 Å². The lowest BCUT2D eigenvalue weighted by Crippen LogP contribution is -2.42. The lowest BCUT2D eigenvalue weighted by atomic mass is 10.1. The topological polar surface area (TPSA) is 200 Å². The van der Waals surface area contributed by atoms with Crippen LogP contribution in [0.4, 0.5) is 9.59 Å². The summed E-state index contributed by atoms with van der Waals surface area (Å²) < 4.78 is 11.6. The van der Waals surface area contributed by atoms with Crippen LogP contribution in [-0.2, 0) is 19.1 Å². The number of rotatable bonds is 10. The van der Waals surface area contributed by atoms with Crippen LogP contribution in [-0.4, -0.2) is 91.0 Å². The summed E-state index contributed by atoms with van der Waals surface area (Å²) in [5.74, 6) is 0.848. The number of methoxy groups -OCH3 is 2. The van der Waals surface area contributed by atoms with Crippen LogP contribution in [0.25, 0.3) is 41.8 Å². The maximum absolute atomic E-state index is 13.9. The first-order valence-corrected chi connectivity index (χ1v) is 21.1. The first-order chi connectivity index (χ1) is 29.3. The maximum atomic E-state index is 13.9. The number of ether oxygens (including phenoxy) is 2. The summed E-state index contributed by atoms with van der Waals surface area (Å²) in [5.41, 5.74) is 4.47. The van der Waals surface area contributed by atoms with Crippen molar-refractivity contribution in [2.45, 2.75) is 49.9 Å². The largest absolute Gasteiger partial charge is 0.453 e. The van der Waals surface area contributed by atoms with Crippen LogP contribution in [0.1, 0.15) is 72.6 Å². The number of fused-ring (bicyclic) bond motifs is 2. The molecule has 3 aromatic carbocycles. The van der Waals surface area contributed by atoms with Gasteiger partial charge >= 0.3 is 12.2 Å². The maximum Gasteiger partial charge on any atom is 0.407 e. The second-order valence-corrected chi connectivity index (χ2v) is 16.6. The molecule has 60 heavy (non-hydrogen) atoms. The van der Waals surface area contributed by atoms with E-state index in [1.165, 1.54) is 36.9 Å². The molecule has 2 fully saturated rings. The molecule has 306 valence electrons. The second kappa shape index (κ2) is 16.5. The number of carbonyl (C=O) groups is 4. The second-order valence-electron chi connectivity index (χ2n) is 14.5. The third-order valence-electron chi connectivity index (χ3n) is 10.9. The molecule has 4 atom stereocenters. The fourth-order valence-corrected chi connectivity index (χ4v) is 9.88. The van der Waals surface area contributed by atoms with E-state index >= 15 is 0 Å². The molecule has 2 saturated heterocycles. The molecule has 4 N–H and O–H groups in total. The van der Waals surface area contributed by atoms with Gasteiger partial charge < -0.3 is 39.9 Å². The van der Waals surface area contributed by atoms with E-state index < -0.39 is 24.3 Å². The Bertz CT molecular complexity index is 2470. The van der Waals surface area contributed by atoms with Gasteiger partial charge in [-0.15, -0.1) is 22.7 Å². The van der Waals surface area contributed by atoms with E-state index in [0.29, 0.717) is 35.9 Å². The van der Waals surface area contributed by atoms with E-state index in [1.807, 2.05) is 72.8 Å². The number of hydrogen-bond acceptors (Lipinski definition) is 12. The van der Waals surface area contributed by atoms with Gasteiger partial charge in [-0.05, 0) is 48.9 Å². The number of thiazole rings is 2. The Morgan fingerprint density at radius 1 is 0.667 bits per heavy atom. The molecule has 4 amide bonds. The molecular formula is C42H40N10O6S2. The quantitative estimate of drug-likeness (QED) is 0.109. The molecule has 2 aliphatic heterocycles. The molecule has 1 unspecified atom stereocenters. The Hall–Kier alpha value is -6.66. The number of aromatic amines is 2. The minimum absolute atomic E-state index is 0.233. The minimum Gasteiger partial charge on any atom is -0.453 e. The van der Waals surface area contributed by atoms with Crippen molar-refractivity contribution in [3.05, 3.63) is 108 Å². The number of carbonyl (C=O) groups excluding carboxylic acids is 4. The number of likely N-dealkylation sites (tertiary alicyclic amines) is 2. The molecule has 0 aliphatic carbocycles. The van der Waals surface area contributed by atoms with E-state index in [-0.39, 0.29) is 23.9 Å². The standard InChI is InChI=1S/C42H40N10O6S2/c1-57-41(55)49-33(23-11-5-3-6-12-23)39(53)51-17-9-15-29(51)35-43-21-27(45-35)37-47-25-19-32-26(20-31(25)59-37)48-38(60-32)28-22-44-36(46-28)30-16-10-18-52(30)40(54)34(50-42(56)58-2)24-13-7-4-8-14-24/h3-8,11-14,19-22,29-30,33-34H,9-10,15-18H2,1-2H3,(H,43,45)(H,44,46)(H,49,55)(H,50,56)/t29-,30-,33+,34?/m0/s1. The van der Waals surface area contributed by atoms with Crippen molar-refractivity contribution in [3.63, 3.8) is 0 Å². The molecule has 0 spiro atoms. The normalized spacial score (nSPS) is 17.5. The molecule has 16 nitrogen and oxygen atoms in total. The molecule has 18 heteroatoms. The van der Waals surface area contributed by atoms with Crippen molar-refractivity contribution in [2.24, 2.45) is 0 Å². The molecule has 0 radical (unpaired) electrons. The van der Waals surface area contributed by atoms with Crippen molar-refractivity contribution in [2.75, 3.05) is 27.3 Å². The summed E-state index contributed by atoms with van der Waals surface area (Å²) >= 11 is 3.05. The SMILES string of the molecule is COC(=O)NC(C(=O)N1CCC[C@H]1c1ncc(-c2nc3cc4sc(-c5cnc([C@@H]6CCCN6C(=O)[C@H](NC(=O)OC)c6ccccc6)[nH]5)nc4cc3s2)[nH]1)c1ccccc1. The fourth-order valence-electron chi connectivity index (χ4n) is 7.99. The van der Waals surface area contributed by atoms with Gasteiger partial charge in [0.2, 0.25) is 0 Å². The number of nitrogens with one attached hydrogen (secondary N) is 4. The number of amides is 4. The van der Waals surface area contributed by atoms with Crippen LogP contribution >= 0.6 is 22.7 Å². The van der Waals surface area contributed by atoms with Crippen LogP contribution in [0.3, 0.4) is 0 Å². The van der Waals surface area contributed by atoms with E-state index in [0.717, 1.165) is 67.5 Å². The molecular weight excluding hydrogens is 805 g/mol. The lowest BCUT2D eigenvalue weighted by Gasteiger charge is -2.28. The Kier molecular flexibility index (Phi) is 10.7. The number of aromatic nitrogens is 6. The van der Waals surface area contributed by atoms with Gasteiger partial charge in [0.15, 0.2) is 0 Å². The first-order valence-electron chi connectivity index (χ1n) is 19.5. The number of alkyl carbamates (subject to hydrolysis) is 2. The Labute approximate surface area is 351 Å². The van der Waals surface area contributed by atoms with Crippen LogP contribution in [0, 0.1) is 0 Å². The van der Waals surface area contributed by atoms with Crippen molar-refractivity contribution in [1.82, 2.24) is 50.3 Å². The van der Waals surface area contributed by atoms with E-state index in [2.05, 4.69) is 20.6 Å². The van der Waals surface area contributed by atoms with Crippen molar-refractivity contribution in [3.8, 4) is 21.4 Å². The van der Waals surface area contributed by atoms with Crippen molar-refractivity contribution in [1.29, 1.82) is 0 Å². The molecule has 4 aromatic heterocycles. The number of imidazole rings is 2. The van der Waals surface area contributed by atoms with Gasteiger partial charge in [0.1, 0.15) is 33.7 Å². The average molecular weight is 845 g/mol. The van der Waals surface area contributed by atoms with Crippen LogP contribution in [0.5, 0.6) is 0 Å². The van der Waals surface area contributed by atoms with Crippen LogP contribution < -0.4 is 10.6 Å². The van der Waals surface area contributed by atoms with Gasteiger partial charge in [-0.1, -0.05) is 60.7 Å². The molecule has 2 aliphatic rings. The van der Waals surface area contributed by atoms with E-state index in [1.54, 1.807) is 22.2 Å². The third kappa shape index (κ3) is 7.54. The van der Waals surface area contributed by atoms with Gasteiger partial charge in [0.05, 0.1) is 70.5 Å². The predicted octanol–water partition coefficient (Wildman–Crippen LogP) is 7.21. The number of benzene rings is 3. The summed E-state index contributed by atoms with van der Waals surface area (Å²) in [6.45, 7) is 1.06. The highest BCUT2D eigenvalue weighted by Gasteiger charge is 2.39. The Morgan fingerprint density at radius 3 is 1.48 bits per heavy atom. The molecule has 0 saturated carbocycles. The summed E-state index contributed by atoms with van der Waals surface area (Å²) in [4.78, 5) is 82.1. The van der Waals surface area contributed by atoms with E-state index in [4.69, 9.17) is 29.4 Å². The summed E-state index contributed by atoms with van der Waals surface area (Å²) in [6.07, 6.45) is 5.17. The predicted molar refractivity (Wildman–Crippen MR) is 225 cm³/mol. The van der Waals surface area contributed by atoms with Gasteiger partial charge in [0, 0.05) is 13.1 Å². The van der Waals surface area contributed by atoms with Gasteiger partial charge in [-0.2, -0.15) is 0 Å². The van der Waals surface area contributed by atoms with Crippen LogP contribution in [0.15, 0.2) is 85.2 Å². The Morgan fingerprint density at radius 2 is 1.08 bits per heavy atom. The number of H-pyrrole nitrogens is 2. The molecule has 9 rings (SSSR count). The van der Waals surface area contributed by atoms with Gasteiger partial charge in [-0.25, -0.2) is 29.5 Å². The molecule has 7 aromatic rings. The zero-order valence-electron chi connectivity index (χ0n) is 32.6. The monoisotopic (exact) mass is 844 g/mol. The zero-order chi connectivity index (χ0) is 41.3. The molecule has 6 heterocycles. The Balaban J connectivity index is 0.916. The molecule has 0 bridgehead atoms. The lowest BCUT2D eigenvalue weighted by molar-refractivity contribution is -0.135. The highest BCUT2D eigenvalue weighted by molar-refractivity contribution is 7.23. The smallest absolute Gasteiger partial charge is 0.407 e. The summed E-state index contributed by atoms with van der Waals surface area (Å²) in [5, 5.41) is 6.94. The summed E-state index contributed by atoms with van der Waals surface area (Å²) in [7, 11) is 2.55. The third-order valence-corrected chi connectivity index (χ3v) is 13.0. The van der Waals surface area contributed by atoms with E-state index in [9.17, 15) is 19.2 Å². The zero-order valence-corrected chi connectivity index (χ0v) is 34.2.